The van der Waals surface area contributed by atoms with Crippen molar-refractivity contribution in [2.75, 3.05) is 10.6 Å². The number of nitrogens with one attached hydrogen (secondary N) is 2. The van der Waals surface area contributed by atoms with Crippen LogP contribution in [0.2, 0.25) is 0 Å². The zero-order valence-corrected chi connectivity index (χ0v) is 15.6. The number of amides is 2. The minimum absolute atomic E-state index is 0.102. The number of carbonyl (C=O) groups excluding carboxylic acids is 2. The van der Waals surface area contributed by atoms with Crippen LogP contribution in [0.4, 0.5) is 11.5 Å². The predicted octanol–water partition coefficient (Wildman–Crippen LogP) is 3.04. The van der Waals surface area contributed by atoms with Gasteiger partial charge < -0.3 is 10.6 Å². The van der Waals surface area contributed by atoms with E-state index in [4.69, 9.17) is 0 Å². The van der Waals surface area contributed by atoms with E-state index in [2.05, 4.69) is 20.7 Å². The molecule has 8 nitrogen and oxygen atoms in total. The van der Waals surface area contributed by atoms with Gasteiger partial charge in [-0.25, -0.2) is 4.98 Å². The summed E-state index contributed by atoms with van der Waals surface area (Å²) < 4.78 is 1.43. The van der Waals surface area contributed by atoms with E-state index in [1.54, 1.807) is 24.3 Å². The Morgan fingerprint density at radius 2 is 2.03 bits per heavy atom. The van der Waals surface area contributed by atoms with Crippen LogP contribution in [0, 0.1) is 11.3 Å². The van der Waals surface area contributed by atoms with E-state index < -0.39 is 5.91 Å². The molecule has 4 aromatic rings. The van der Waals surface area contributed by atoms with E-state index in [0.29, 0.717) is 17.1 Å². The van der Waals surface area contributed by atoms with Gasteiger partial charge in [-0.2, -0.15) is 15.0 Å². The van der Waals surface area contributed by atoms with Crippen LogP contribution in [-0.2, 0) is 11.2 Å². The summed E-state index contributed by atoms with van der Waals surface area (Å²) in [6.07, 6.45) is 1.62. The fraction of sp³-hybridized carbons (Fsp3) is 0.0455. The Morgan fingerprint density at radius 1 is 1.17 bits per heavy atom. The van der Waals surface area contributed by atoms with Crippen molar-refractivity contribution in [1.29, 1.82) is 5.26 Å². The number of benzene rings is 2. The molecule has 5 rings (SSSR count). The number of nitriles is 1. The van der Waals surface area contributed by atoms with Crippen LogP contribution in [0.3, 0.4) is 0 Å². The van der Waals surface area contributed by atoms with Gasteiger partial charge in [0.2, 0.25) is 5.91 Å². The molecule has 30 heavy (non-hydrogen) atoms. The van der Waals surface area contributed by atoms with Crippen molar-refractivity contribution in [2.24, 2.45) is 0 Å². The van der Waals surface area contributed by atoms with E-state index in [1.165, 1.54) is 10.9 Å². The van der Waals surface area contributed by atoms with Gasteiger partial charge in [0.15, 0.2) is 11.6 Å². The average molecular weight is 394 g/mol. The van der Waals surface area contributed by atoms with Gasteiger partial charge in [0.05, 0.1) is 18.1 Å². The van der Waals surface area contributed by atoms with Gasteiger partial charge in [0.25, 0.3) is 5.91 Å². The average Bonchev–Trinajstić information content (AvgIpc) is 3.34. The molecule has 0 bridgehead atoms. The SMILES string of the molecule is N#Cc1cnn(-c2ccc3ccccc3n2)c1NC(=O)c1ccc2c(c1)CC(=O)N2. The number of fused-ring (bicyclic) bond motifs is 2. The highest BCUT2D eigenvalue weighted by Crippen LogP contribution is 2.25. The first-order chi connectivity index (χ1) is 14.6. The number of hydrogen-bond acceptors (Lipinski definition) is 5. The molecule has 0 spiro atoms. The summed E-state index contributed by atoms with van der Waals surface area (Å²) in [5.74, 6) is 0.209. The first-order valence-electron chi connectivity index (χ1n) is 9.21. The Hall–Kier alpha value is -4.51. The van der Waals surface area contributed by atoms with Crippen LogP contribution in [0.5, 0.6) is 0 Å². The van der Waals surface area contributed by atoms with Gasteiger partial charge in [0.1, 0.15) is 11.6 Å². The largest absolute Gasteiger partial charge is 0.326 e. The zero-order valence-electron chi connectivity index (χ0n) is 15.6. The Balaban J connectivity index is 1.51. The molecule has 8 heteroatoms. The molecule has 0 unspecified atom stereocenters. The van der Waals surface area contributed by atoms with E-state index in [9.17, 15) is 14.9 Å². The smallest absolute Gasteiger partial charge is 0.256 e. The quantitative estimate of drug-likeness (QED) is 0.555. The minimum Gasteiger partial charge on any atom is -0.326 e. The van der Waals surface area contributed by atoms with Crippen molar-refractivity contribution in [1.82, 2.24) is 14.8 Å². The van der Waals surface area contributed by atoms with Crippen LogP contribution in [0.25, 0.3) is 16.7 Å². The number of hydrogen-bond donors (Lipinski definition) is 2. The third-order valence-corrected chi connectivity index (χ3v) is 4.91. The molecule has 3 heterocycles. The lowest BCUT2D eigenvalue weighted by Crippen LogP contribution is -2.16. The Labute approximate surface area is 170 Å². The van der Waals surface area contributed by atoms with Gasteiger partial charge in [-0.3, -0.25) is 9.59 Å². The van der Waals surface area contributed by atoms with Gasteiger partial charge in [0, 0.05) is 16.6 Å². The molecular weight excluding hydrogens is 380 g/mol. The number of pyridine rings is 1. The zero-order chi connectivity index (χ0) is 20.7. The maximum absolute atomic E-state index is 12.9. The standard InChI is InChI=1S/C22H14N6O2/c23-11-16-12-24-28(19-8-6-13-3-1-2-4-17(13)25-19)21(16)27-22(30)14-5-7-18-15(9-14)10-20(29)26-18/h1-9,12H,10H2,(H,26,29)(H,27,30). The molecule has 1 aliphatic rings. The molecule has 2 N–H and O–H groups in total. The fourth-order valence-corrected chi connectivity index (χ4v) is 3.45. The molecule has 2 aromatic heterocycles. The fourth-order valence-electron chi connectivity index (χ4n) is 3.45. The van der Waals surface area contributed by atoms with Crippen molar-refractivity contribution in [3.8, 4) is 11.9 Å². The van der Waals surface area contributed by atoms with Crippen LogP contribution < -0.4 is 10.6 Å². The van der Waals surface area contributed by atoms with E-state index in [1.807, 2.05) is 36.4 Å². The van der Waals surface area contributed by atoms with Crippen LogP contribution in [0.15, 0.2) is 60.8 Å². The maximum atomic E-state index is 12.9. The van der Waals surface area contributed by atoms with Crippen LogP contribution in [0.1, 0.15) is 21.5 Å². The molecular formula is C22H14N6O2. The molecule has 0 aliphatic carbocycles. The summed E-state index contributed by atoms with van der Waals surface area (Å²) >= 11 is 0. The third-order valence-electron chi connectivity index (χ3n) is 4.91. The van der Waals surface area contributed by atoms with Crippen LogP contribution in [-0.4, -0.2) is 26.6 Å². The van der Waals surface area contributed by atoms with E-state index in [-0.39, 0.29) is 23.7 Å². The third kappa shape index (κ3) is 2.95. The summed E-state index contributed by atoms with van der Waals surface area (Å²) in [6, 6.07) is 18.4. The lowest BCUT2D eigenvalue weighted by Gasteiger charge is -2.10. The highest BCUT2D eigenvalue weighted by Gasteiger charge is 2.21. The van der Waals surface area contributed by atoms with Crippen molar-refractivity contribution in [2.45, 2.75) is 6.42 Å². The molecule has 1 aliphatic heterocycles. The number of carbonyl (C=O) groups is 2. The summed E-state index contributed by atoms with van der Waals surface area (Å²) in [6.45, 7) is 0. The van der Waals surface area contributed by atoms with E-state index >= 15 is 0 Å². The number of rotatable bonds is 3. The molecule has 0 fully saturated rings. The molecule has 0 radical (unpaired) electrons. The molecule has 0 atom stereocenters. The Morgan fingerprint density at radius 3 is 2.90 bits per heavy atom. The summed E-state index contributed by atoms with van der Waals surface area (Å²) in [5, 5.41) is 20.2. The molecule has 2 amide bonds. The summed E-state index contributed by atoms with van der Waals surface area (Å²) in [5.41, 5.74) is 2.85. The lowest BCUT2D eigenvalue weighted by atomic mass is 10.1. The first kappa shape index (κ1) is 17.6. The van der Waals surface area contributed by atoms with Gasteiger partial charge in [-0.05, 0) is 42.0 Å². The molecule has 0 saturated carbocycles. The second kappa shape index (κ2) is 6.83. The first-order valence-corrected chi connectivity index (χ1v) is 9.21. The normalized spacial score (nSPS) is 12.3. The highest BCUT2D eigenvalue weighted by molar-refractivity contribution is 6.06. The second-order valence-corrected chi connectivity index (χ2v) is 6.84. The maximum Gasteiger partial charge on any atom is 0.256 e. The lowest BCUT2D eigenvalue weighted by molar-refractivity contribution is -0.115. The molecule has 0 saturated heterocycles. The summed E-state index contributed by atoms with van der Waals surface area (Å²) in [4.78, 5) is 29.0. The minimum atomic E-state index is -0.406. The number of nitrogens with zero attached hydrogens (tertiary/aromatic N) is 4. The highest BCUT2D eigenvalue weighted by atomic mass is 16.2. The number of aromatic nitrogens is 3. The van der Waals surface area contributed by atoms with Crippen molar-refractivity contribution < 1.29 is 9.59 Å². The van der Waals surface area contributed by atoms with Crippen molar-refractivity contribution in [3.63, 3.8) is 0 Å². The predicted molar refractivity (Wildman–Crippen MR) is 110 cm³/mol. The number of para-hydroxylation sites is 1. The topological polar surface area (TPSA) is 113 Å². The van der Waals surface area contributed by atoms with E-state index in [0.717, 1.165) is 16.5 Å². The molecule has 144 valence electrons. The number of anilines is 2. The Kier molecular flexibility index (Phi) is 4.00. The van der Waals surface area contributed by atoms with Gasteiger partial charge in [-0.1, -0.05) is 18.2 Å². The van der Waals surface area contributed by atoms with Gasteiger partial charge in [-0.15, -0.1) is 0 Å². The van der Waals surface area contributed by atoms with Gasteiger partial charge >= 0.3 is 0 Å². The Bertz CT molecular complexity index is 1380. The van der Waals surface area contributed by atoms with Crippen molar-refractivity contribution in [3.05, 3.63) is 77.5 Å². The second-order valence-electron chi connectivity index (χ2n) is 6.84. The monoisotopic (exact) mass is 394 g/mol. The summed E-state index contributed by atoms with van der Waals surface area (Å²) in [7, 11) is 0. The molecule has 2 aromatic carbocycles. The van der Waals surface area contributed by atoms with Crippen molar-refractivity contribution >= 4 is 34.2 Å². The van der Waals surface area contributed by atoms with Crippen LogP contribution >= 0.6 is 0 Å².